The number of nitrogens with zero attached hydrogens (tertiary/aromatic N) is 3. The van der Waals surface area contributed by atoms with Crippen LogP contribution in [0.25, 0.3) is 0 Å². The number of halogens is 1. The summed E-state index contributed by atoms with van der Waals surface area (Å²) in [4.78, 5) is 6.81. The molecule has 0 spiro atoms. The van der Waals surface area contributed by atoms with E-state index in [4.69, 9.17) is 4.74 Å². The maximum absolute atomic E-state index is 12.6. The highest BCUT2D eigenvalue weighted by molar-refractivity contribution is 14.0. The van der Waals surface area contributed by atoms with Gasteiger partial charge < -0.3 is 15.0 Å². The Labute approximate surface area is 202 Å². The largest absolute Gasteiger partial charge is 0.370 e. The molecular formula is C20H33IN4O3S2. The molecule has 2 saturated heterocycles. The van der Waals surface area contributed by atoms with Crippen molar-refractivity contribution in [2.45, 2.75) is 20.0 Å². The van der Waals surface area contributed by atoms with Gasteiger partial charge in [-0.25, -0.2) is 12.7 Å². The second kappa shape index (κ2) is 12.5. The molecule has 2 aliphatic heterocycles. The van der Waals surface area contributed by atoms with Gasteiger partial charge in [0.2, 0.25) is 10.0 Å². The Morgan fingerprint density at radius 2 is 2.00 bits per heavy atom. The molecule has 2 aliphatic rings. The van der Waals surface area contributed by atoms with Gasteiger partial charge in [0.25, 0.3) is 0 Å². The van der Waals surface area contributed by atoms with Gasteiger partial charge in [-0.05, 0) is 25.0 Å². The third kappa shape index (κ3) is 6.98. The van der Waals surface area contributed by atoms with Gasteiger partial charge in [0.05, 0.1) is 25.4 Å². The van der Waals surface area contributed by atoms with Crippen molar-refractivity contribution < 1.29 is 13.2 Å². The van der Waals surface area contributed by atoms with Gasteiger partial charge in [0.1, 0.15) is 6.10 Å². The average molecular weight is 569 g/mol. The van der Waals surface area contributed by atoms with E-state index in [0.29, 0.717) is 26.2 Å². The lowest BCUT2D eigenvalue weighted by Gasteiger charge is -2.36. The Balaban J connectivity index is 0.00000320. The minimum absolute atomic E-state index is 0. The normalized spacial score (nSPS) is 21.2. The molecule has 7 nitrogen and oxygen atoms in total. The molecule has 1 unspecified atom stereocenters. The van der Waals surface area contributed by atoms with Gasteiger partial charge in [0.15, 0.2) is 5.96 Å². The Morgan fingerprint density at radius 3 is 2.70 bits per heavy atom. The molecule has 3 rings (SSSR count). The van der Waals surface area contributed by atoms with E-state index in [1.165, 1.54) is 11.1 Å². The predicted octanol–water partition coefficient (Wildman–Crippen LogP) is 2.33. The molecule has 0 bridgehead atoms. The van der Waals surface area contributed by atoms with Gasteiger partial charge in [-0.3, -0.25) is 4.99 Å². The number of hydrogen-bond acceptors (Lipinski definition) is 5. The van der Waals surface area contributed by atoms with Crippen LogP contribution in [-0.2, 0) is 14.8 Å². The summed E-state index contributed by atoms with van der Waals surface area (Å²) in [6.45, 7) is 8.40. The number of sulfonamides is 1. The molecule has 1 atom stereocenters. The van der Waals surface area contributed by atoms with Gasteiger partial charge in [-0.15, -0.1) is 24.0 Å². The Kier molecular flexibility index (Phi) is 10.7. The van der Waals surface area contributed by atoms with E-state index in [9.17, 15) is 8.42 Å². The van der Waals surface area contributed by atoms with E-state index in [2.05, 4.69) is 34.3 Å². The number of aliphatic imine (C=N–C) groups is 1. The van der Waals surface area contributed by atoms with Crippen molar-refractivity contribution in [2.75, 3.05) is 63.1 Å². The lowest BCUT2D eigenvalue weighted by Crippen LogP contribution is -2.48. The molecule has 2 fully saturated rings. The molecule has 0 saturated carbocycles. The van der Waals surface area contributed by atoms with E-state index in [-0.39, 0.29) is 42.4 Å². The Hall–Kier alpha value is -0.560. The first-order chi connectivity index (χ1) is 14.0. The highest BCUT2D eigenvalue weighted by Gasteiger charge is 2.26. The first kappa shape index (κ1) is 25.7. The summed E-state index contributed by atoms with van der Waals surface area (Å²) in [6, 6.07) is 8.28. The molecule has 10 heteroatoms. The molecule has 1 aromatic rings. The minimum Gasteiger partial charge on any atom is -0.370 e. The van der Waals surface area contributed by atoms with Crippen molar-refractivity contribution in [2.24, 2.45) is 4.99 Å². The molecular weight excluding hydrogens is 535 g/mol. The summed E-state index contributed by atoms with van der Waals surface area (Å²) in [5, 5.41) is 3.31. The standard InChI is InChI=1S/C20H32N4O3S2.HI/c1-3-21-20(22-8-15-29(25,26)24-10-13-28-14-11-24)23-9-12-27-19(16-23)18-7-5-4-6-17(18)2;/h4-7,19H,3,8-16H2,1-2H3,(H,21,22);1H. The van der Waals surface area contributed by atoms with Crippen molar-refractivity contribution in [1.29, 1.82) is 0 Å². The quantitative estimate of drug-likeness (QED) is 0.323. The summed E-state index contributed by atoms with van der Waals surface area (Å²) < 4.78 is 32.8. The second-order valence-corrected chi connectivity index (χ2v) is 10.5. The SMILES string of the molecule is CCNC(=NCCS(=O)(=O)N1CCSCC1)N1CCOC(c2ccccc2C)C1.I. The lowest BCUT2D eigenvalue weighted by molar-refractivity contribution is -0.00831. The summed E-state index contributed by atoms with van der Waals surface area (Å²) in [5.41, 5.74) is 2.41. The number of hydrogen-bond donors (Lipinski definition) is 1. The van der Waals surface area contributed by atoms with Gasteiger partial charge in [0, 0.05) is 37.7 Å². The van der Waals surface area contributed by atoms with E-state index in [0.717, 1.165) is 30.6 Å². The fourth-order valence-electron chi connectivity index (χ4n) is 3.62. The van der Waals surface area contributed by atoms with Crippen molar-refractivity contribution in [3.8, 4) is 0 Å². The molecule has 0 radical (unpaired) electrons. The molecule has 170 valence electrons. The molecule has 1 aromatic carbocycles. The van der Waals surface area contributed by atoms with E-state index in [1.54, 1.807) is 16.1 Å². The van der Waals surface area contributed by atoms with Crippen LogP contribution in [0.4, 0.5) is 0 Å². The first-order valence-electron chi connectivity index (χ1n) is 10.3. The Morgan fingerprint density at radius 1 is 1.27 bits per heavy atom. The predicted molar refractivity (Wildman–Crippen MR) is 136 cm³/mol. The van der Waals surface area contributed by atoms with Crippen LogP contribution in [-0.4, -0.2) is 86.7 Å². The monoisotopic (exact) mass is 568 g/mol. The molecule has 2 heterocycles. The number of thioether (sulfide) groups is 1. The minimum atomic E-state index is -3.24. The maximum Gasteiger partial charge on any atom is 0.215 e. The van der Waals surface area contributed by atoms with Crippen molar-refractivity contribution >= 4 is 51.7 Å². The zero-order valence-electron chi connectivity index (χ0n) is 17.7. The van der Waals surface area contributed by atoms with Crippen molar-refractivity contribution in [3.63, 3.8) is 0 Å². The second-order valence-electron chi connectivity index (χ2n) is 7.23. The third-order valence-electron chi connectivity index (χ3n) is 5.21. The van der Waals surface area contributed by atoms with Crippen molar-refractivity contribution in [1.82, 2.24) is 14.5 Å². The zero-order valence-corrected chi connectivity index (χ0v) is 21.7. The summed E-state index contributed by atoms with van der Waals surface area (Å²) in [5.74, 6) is 2.56. The number of benzene rings is 1. The molecule has 1 N–H and O–H groups in total. The van der Waals surface area contributed by atoms with E-state index >= 15 is 0 Å². The fourth-order valence-corrected chi connectivity index (χ4v) is 6.08. The Bertz CT molecular complexity index is 801. The average Bonchev–Trinajstić information content (AvgIpc) is 2.74. The third-order valence-corrected chi connectivity index (χ3v) is 8.00. The van der Waals surface area contributed by atoms with Crippen LogP contribution in [0.5, 0.6) is 0 Å². The fraction of sp³-hybridized carbons (Fsp3) is 0.650. The smallest absolute Gasteiger partial charge is 0.215 e. The zero-order chi connectivity index (χ0) is 20.7. The molecule has 0 amide bonds. The highest BCUT2D eigenvalue weighted by atomic mass is 127. The van der Waals surface area contributed by atoms with Crippen LogP contribution in [0.2, 0.25) is 0 Å². The number of rotatable bonds is 6. The molecule has 0 aromatic heterocycles. The number of nitrogens with one attached hydrogen (secondary N) is 1. The van der Waals surface area contributed by atoms with Crippen LogP contribution in [0, 0.1) is 6.92 Å². The lowest BCUT2D eigenvalue weighted by atomic mass is 10.0. The summed E-state index contributed by atoms with van der Waals surface area (Å²) in [6.07, 6.45) is -0.0108. The summed E-state index contributed by atoms with van der Waals surface area (Å²) >= 11 is 1.81. The molecule has 30 heavy (non-hydrogen) atoms. The summed E-state index contributed by atoms with van der Waals surface area (Å²) in [7, 11) is -3.24. The van der Waals surface area contributed by atoms with Crippen LogP contribution in [0.15, 0.2) is 29.3 Å². The number of ether oxygens (including phenoxy) is 1. The molecule has 0 aliphatic carbocycles. The van der Waals surface area contributed by atoms with Crippen LogP contribution < -0.4 is 5.32 Å². The first-order valence-corrected chi connectivity index (χ1v) is 13.0. The van der Waals surface area contributed by atoms with Gasteiger partial charge >= 0.3 is 0 Å². The number of aryl methyl sites for hydroxylation is 1. The maximum atomic E-state index is 12.6. The highest BCUT2D eigenvalue weighted by Crippen LogP contribution is 2.25. The topological polar surface area (TPSA) is 74.2 Å². The number of guanidine groups is 1. The van der Waals surface area contributed by atoms with Crippen LogP contribution in [0.1, 0.15) is 24.2 Å². The van der Waals surface area contributed by atoms with Crippen molar-refractivity contribution in [3.05, 3.63) is 35.4 Å². The van der Waals surface area contributed by atoms with E-state index in [1.807, 2.05) is 19.1 Å². The van der Waals surface area contributed by atoms with Gasteiger partial charge in [-0.1, -0.05) is 24.3 Å². The van der Waals surface area contributed by atoms with E-state index < -0.39 is 10.0 Å². The van der Waals surface area contributed by atoms with Crippen LogP contribution in [0.3, 0.4) is 0 Å². The van der Waals surface area contributed by atoms with Crippen LogP contribution >= 0.6 is 35.7 Å². The van der Waals surface area contributed by atoms with Gasteiger partial charge in [-0.2, -0.15) is 11.8 Å². The number of morpholine rings is 1.